The molecule has 0 saturated carbocycles. The first kappa shape index (κ1) is 17.1. The summed E-state index contributed by atoms with van der Waals surface area (Å²) < 4.78 is 2.02. The van der Waals surface area contributed by atoms with Crippen LogP contribution in [0.15, 0.2) is 72.3 Å². The number of anilines is 2. The Kier molecular flexibility index (Phi) is 4.77. The summed E-state index contributed by atoms with van der Waals surface area (Å²) in [6.07, 6.45) is 7.45. The Bertz CT molecular complexity index is 1130. The first-order valence-corrected chi connectivity index (χ1v) is 9.69. The second kappa shape index (κ2) is 7.52. The molecule has 0 saturated heterocycles. The van der Waals surface area contributed by atoms with Crippen LogP contribution in [0.25, 0.3) is 10.9 Å². The number of para-hydroxylation sites is 1. The van der Waals surface area contributed by atoms with E-state index in [1.54, 1.807) is 12.5 Å². The molecule has 0 unspecified atom stereocenters. The number of hydrogen-bond acceptors (Lipinski definition) is 5. The van der Waals surface area contributed by atoms with Gasteiger partial charge in [0.25, 0.3) is 0 Å². The van der Waals surface area contributed by atoms with Crippen LogP contribution in [0.1, 0.15) is 11.1 Å². The lowest BCUT2D eigenvalue weighted by atomic mass is 10.1. The van der Waals surface area contributed by atoms with Crippen molar-refractivity contribution in [3.63, 3.8) is 0 Å². The van der Waals surface area contributed by atoms with E-state index >= 15 is 0 Å². The van der Waals surface area contributed by atoms with E-state index in [4.69, 9.17) is 0 Å². The van der Waals surface area contributed by atoms with E-state index in [0.717, 1.165) is 39.4 Å². The molecule has 0 aliphatic rings. The minimum atomic E-state index is 0.571. The van der Waals surface area contributed by atoms with E-state index in [0.29, 0.717) is 5.56 Å². The Morgan fingerprint density at radius 2 is 2.07 bits per heavy atom. The van der Waals surface area contributed by atoms with Crippen LogP contribution in [-0.4, -0.2) is 20.8 Å². The monoisotopic (exact) mass is 371 g/mol. The summed E-state index contributed by atoms with van der Waals surface area (Å²) in [6, 6.07) is 18.4. The summed E-state index contributed by atoms with van der Waals surface area (Å²) in [5, 5.41) is 14.9. The molecule has 4 rings (SSSR count). The molecule has 27 heavy (non-hydrogen) atoms. The maximum Gasteiger partial charge on any atom is 0.116 e. The molecule has 2 aromatic carbocycles. The van der Waals surface area contributed by atoms with Crippen LogP contribution in [0.4, 0.5) is 11.4 Å². The molecule has 0 aliphatic carbocycles. The predicted octanol–water partition coefficient (Wildman–Crippen LogP) is 4.82. The summed E-state index contributed by atoms with van der Waals surface area (Å²) in [7, 11) is 0. The average molecular weight is 371 g/mol. The van der Waals surface area contributed by atoms with Crippen LogP contribution in [0.2, 0.25) is 0 Å². The fourth-order valence-electron chi connectivity index (χ4n) is 3.05. The number of nitrogens with zero attached hydrogens (tertiary/aromatic N) is 4. The predicted molar refractivity (Wildman–Crippen MR) is 109 cm³/mol. The van der Waals surface area contributed by atoms with Gasteiger partial charge in [0.2, 0.25) is 0 Å². The van der Waals surface area contributed by atoms with Crippen molar-refractivity contribution >= 4 is 34.0 Å². The summed E-state index contributed by atoms with van der Waals surface area (Å²) in [5.41, 5.74) is 4.33. The molecule has 132 valence electrons. The number of rotatable bonds is 5. The first-order valence-electron chi connectivity index (χ1n) is 8.47. The minimum Gasteiger partial charge on any atom is -0.354 e. The van der Waals surface area contributed by atoms with E-state index in [2.05, 4.69) is 33.5 Å². The van der Waals surface area contributed by atoms with Gasteiger partial charge in [-0.3, -0.25) is 0 Å². The van der Waals surface area contributed by atoms with Gasteiger partial charge in [-0.25, -0.2) is 9.97 Å². The number of pyridine rings is 1. The van der Waals surface area contributed by atoms with E-state index in [-0.39, 0.29) is 0 Å². The molecule has 4 aromatic rings. The number of nitrogens with one attached hydrogen (secondary N) is 1. The number of thioether (sulfide) groups is 1. The normalized spacial score (nSPS) is 10.7. The van der Waals surface area contributed by atoms with Gasteiger partial charge in [0.05, 0.1) is 17.5 Å². The molecular formula is C21H17N5S. The van der Waals surface area contributed by atoms with Crippen LogP contribution >= 0.6 is 11.8 Å². The second-order valence-corrected chi connectivity index (χ2v) is 6.86. The molecule has 0 bridgehead atoms. The lowest BCUT2D eigenvalue weighted by molar-refractivity contribution is 0.798. The zero-order valence-electron chi connectivity index (χ0n) is 14.8. The van der Waals surface area contributed by atoms with Crippen molar-refractivity contribution < 1.29 is 0 Å². The molecule has 0 aliphatic heterocycles. The van der Waals surface area contributed by atoms with Crippen molar-refractivity contribution in [2.45, 2.75) is 11.6 Å². The Hall–Kier alpha value is -3.30. The Balaban J connectivity index is 1.76. The van der Waals surface area contributed by atoms with Crippen molar-refractivity contribution in [2.24, 2.45) is 0 Å². The van der Waals surface area contributed by atoms with Crippen LogP contribution in [0.3, 0.4) is 0 Å². The molecule has 0 atom stereocenters. The molecule has 1 N–H and O–H groups in total. The highest BCUT2D eigenvalue weighted by Crippen LogP contribution is 2.34. The van der Waals surface area contributed by atoms with Crippen LogP contribution in [0, 0.1) is 11.3 Å². The number of benzene rings is 2. The van der Waals surface area contributed by atoms with E-state index in [1.807, 2.05) is 53.4 Å². The van der Waals surface area contributed by atoms with Crippen molar-refractivity contribution in [3.05, 3.63) is 78.4 Å². The third-order valence-electron chi connectivity index (χ3n) is 4.29. The smallest absolute Gasteiger partial charge is 0.116 e. The maximum atomic E-state index is 9.74. The van der Waals surface area contributed by atoms with Gasteiger partial charge in [-0.05, 0) is 30.0 Å². The number of aromatic nitrogens is 3. The topological polar surface area (TPSA) is 66.5 Å². The lowest BCUT2D eigenvalue weighted by Crippen LogP contribution is -2.01. The number of fused-ring (bicyclic) bond motifs is 1. The van der Waals surface area contributed by atoms with Gasteiger partial charge in [0.1, 0.15) is 16.7 Å². The van der Waals surface area contributed by atoms with Gasteiger partial charge in [-0.1, -0.05) is 30.3 Å². The van der Waals surface area contributed by atoms with E-state index in [9.17, 15) is 5.26 Å². The first-order chi connectivity index (χ1) is 13.3. The van der Waals surface area contributed by atoms with Gasteiger partial charge >= 0.3 is 0 Å². The third-order valence-corrected chi connectivity index (χ3v) is 4.97. The zero-order chi connectivity index (χ0) is 18.6. The summed E-state index contributed by atoms with van der Waals surface area (Å²) >= 11 is 1.48. The van der Waals surface area contributed by atoms with Gasteiger partial charge in [-0.2, -0.15) is 5.26 Å². The molecule has 0 radical (unpaired) electrons. The maximum absolute atomic E-state index is 9.74. The minimum absolute atomic E-state index is 0.571. The van der Waals surface area contributed by atoms with Gasteiger partial charge in [0, 0.05) is 30.0 Å². The average Bonchev–Trinajstić information content (AvgIpc) is 3.21. The standard InChI is InChI=1S/C21H17N5S/c1-27-21-18(12-22)20(17-7-2-3-8-19(17)25-21)24-16-6-4-5-15(11-16)13-26-10-9-23-14-26/h2-11,14H,13H2,1H3,(H,24,25). The Labute approximate surface area is 161 Å². The van der Waals surface area contributed by atoms with Gasteiger partial charge < -0.3 is 9.88 Å². The molecule has 0 fully saturated rings. The number of hydrogen-bond donors (Lipinski definition) is 1. The fourth-order valence-corrected chi connectivity index (χ4v) is 3.60. The van der Waals surface area contributed by atoms with Crippen molar-refractivity contribution in [2.75, 3.05) is 11.6 Å². The lowest BCUT2D eigenvalue weighted by Gasteiger charge is -2.14. The second-order valence-electron chi connectivity index (χ2n) is 6.06. The number of nitriles is 1. The Morgan fingerprint density at radius 3 is 2.85 bits per heavy atom. The third kappa shape index (κ3) is 3.50. The highest BCUT2D eigenvalue weighted by Gasteiger charge is 2.14. The van der Waals surface area contributed by atoms with Crippen molar-refractivity contribution in [1.29, 1.82) is 5.26 Å². The molecular weight excluding hydrogens is 354 g/mol. The van der Waals surface area contributed by atoms with Crippen molar-refractivity contribution in [3.8, 4) is 6.07 Å². The molecule has 0 amide bonds. The SMILES string of the molecule is CSc1nc2ccccc2c(Nc2cccc(Cn3ccnc3)c2)c1C#N. The highest BCUT2D eigenvalue weighted by atomic mass is 32.2. The van der Waals surface area contributed by atoms with Crippen molar-refractivity contribution in [1.82, 2.24) is 14.5 Å². The summed E-state index contributed by atoms with van der Waals surface area (Å²) in [4.78, 5) is 8.71. The largest absolute Gasteiger partial charge is 0.354 e. The van der Waals surface area contributed by atoms with Crippen LogP contribution < -0.4 is 5.32 Å². The van der Waals surface area contributed by atoms with Gasteiger partial charge in [-0.15, -0.1) is 11.8 Å². The summed E-state index contributed by atoms with van der Waals surface area (Å²) in [6.45, 7) is 0.744. The van der Waals surface area contributed by atoms with Crippen LogP contribution in [0.5, 0.6) is 0 Å². The Morgan fingerprint density at radius 1 is 1.19 bits per heavy atom. The summed E-state index contributed by atoms with van der Waals surface area (Å²) in [5.74, 6) is 0. The van der Waals surface area contributed by atoms with Crippen LogP contribution in [-0.2, 0) is 6.54 Å². The number of imidazole rings is 1. The molecule has 2 aromatic heterocycles. The van der Waals surface area contributed by atoms with E-state index < -0.39 is 0 Å². The fraction of sp³-hybridized carbons (Fsp3) is 0.0952. The molecule has 5 nitrogen and oxygen atoms in total. The highest BCUT2D eigenvalue weighted by molar-refractivity contribution is 7.98. The zero-order valence-corrected chi connectivity index (χ0v) is 15.6. The molecule has 6 heteroatoms. The van der Waals surface area contributed by atoms with E-state index in [1.165, 1.54) is 11.8 Å². The van der Waals surface area contributed by atoms with Gasteiger partial charge in [0.15, 0.2) is 0 Å². The molecule has 2 heterocycles. The quantitative estimate of drug-likeness (QED) is 0.510. The molecule has 0 spiro atoms.